The predicted molar refractivity (Wildman–Crippen MR) is 88.0 cm³/mol. The van der Waals surface area contributed by atoms with Gasteiger partial charge < -0.3 is 14.6 Å². The van der Waals surface area contributed by atoms with Crippen LogP contribution >= 0.6 is 0 Å². The van der Waals surface area contributed by atoms with Crippen molar-refractivity contribution in [1.82, 2.24) is 14.9 Å². The molecule has 1 N–H and O–H groups in total. The molecular formula is C18H25N3O. The fourth-order valence-electron chi connectivity index (χ4n) is 3.89. The summed E-state index contributed by atoms with van der Waals surface area (Å²) in [7, 11) is 0. The van der Waals surface area contributed by atoms with Gasteiger partial charge in [0.15, 0.2) is 0 Å². The van der Waals surface area contributed by atoms with E-state index in [4.69, 9.17) is 9.72 Å². The molecule has 1 aromatic heterocycles. The van der Waals surface area contributed by atoms with Crippen LogP contribution in [0.4, 0.5) is 0 Å². The van der Waals surface area contributed by atoms with Gasteiger partial charge in [0, 0.05) is 12.6 Å². The molecule has 4 heteroatoms. The highest BCUT2D eigenvalue weighted by atomic mass is 16.5. The lowest BCUT2D eigenvalue weighted by Gasteiger charge is -2.30. The van der Waals surface area contributed by atoms with Gasteiger partial charge in [0.05, 0.1) is 23.7 Å². The van der Waals surface area contributed by atoms with E-state index in [2.05, 4.69) is 35.0 Å². The second-order valence-electron chi connectivity index (χ2n) is 6.80. The summed E-state index contributed by atoms with van der Waals surface area (Å²) in [6.07, 6.45) is 6.80. The molecule has 4 rings (SSSR count). The number of hydrogen-bond donors (Lipinski definition) is 1. The van der Waals surface area contributed by atoms with Gasteiger partial charge in [0.1, 0.15) is 12.4 Å². The number of aromatic nitrogens is 2. The third-order valence-electron chi connectivity index (χ3n) is 5.07. The van der Waals surface area contributed by atoms with Crippen molar-refractivity contribution < 1.29 is 4.74 Å². The molecule has 2 aliphatic rings. The summed E-state index contributed by atoms with van der Waals surface area (Å²) < 4.78 is 8.18. The zero-order chi connectivity index (χ0) is 14.9. The Labute approximate surface area is 131 Å². The molecule has 22 heavy (non-hydrogen) atoms. The van der Waals surface area contributed by atoms with Crippen LogP contribution in [0.1, 0.15) is 49.5 Å². The SMILES string of the molecule is Cc1ccc2c(c1)nc1n2C(CNC2CCCCC2)COC1. The van der Waals surface area contributed by atoms with Gasteiger partial charge >= 0.3 is 0 Å². The first-order valence-corrected chi connectivity index (χ1v) is 8.60. The highest BCUT2D eigenvalue weighted by Gasteiger charge is 2.25. The van der Waals surface area contributed by atoms with Crippen LogP contribution in [0.25, 0.3) is 11.0 Å². The van der Waals surface area contributed by atoms with Crippen LogP contribution < -0.4 is 5.32 Å². The van der Waals surface area contributed by atoms with Gasteiger partial charge in [-0.1, -0.05) is 25.3 Å². The number of nitrogens with zero attached hydrogens (tertiary/aromatic N) is 2. The van der Waals surface area contributed by atoms with Gasteiger partial charge in [-0.25, -0.2) is 4.98 Å². The summed E-state index contributed by atoms with van der Waals surface area (Å²) in [4.78, 5) is 4.77. The van der Waals surface area contributed by atoms with Crippen molar-refractivity contribution >= 4 is 11.0 Å². The van der Waals surface area contributed by atoms with E-state index in [1.54, 1.807) is 0 Å². The van der Waals surface area contributed by atoms with Crippen LogP contribution in [0, 0.1) is 6.92 Å². The number of nitrogens with one attached hydrogen (secondary N) is 1. The van der Waals surface area contributed by atoms with Crippen molar-refractivity contribution in [2.45, 2.75) is 57.7 Å². The van der Waals surface area contributed by atoms with Gasteiger partial charge in [0.25, 0.3) is 0 Å². The number of hydrogen-bond acceptors (Lipinski definition) is 3. The molecule has 0 bridgehead atoms. The topological polar surface area (TPSA) is 39.1 Å². The summed E-state index contributed by atoms with van der Waals surface area (Å²) in [5.74, 6) is 1.07. The Morgan fingerprint density at radius 1 is 1.27 bits per heavy atom. The van der Waals surface area contributed by atoms with Crippen molar-refractivity contribution in [3.05, 3.63) is 29.6 Å². The molecule has 1 aliphatic heterocycles. The summed E-state index contributed by atoms with van der Waals surface area (Å²) >= 11 is 0. The third kappa shape index (κ3) is 2.66. The maximum Gasteiger partial charge on any atom is 0.136 e. The summed E-state index contributed by atoms with van der Waals surface area (Å²) in [6.45, 7) is 4.52. The molecule has 0 saturated heterocycles. The Bertz CT molecular complexity index is 658. The number of fused-ring (bicyclic) bond motifs is 3. The van der Waals surface area contributed by atoms with Gasteiger partial charge in [-0.3, -0.25) is 0 Å². The molecular weight excluding hydrogens is 274 g/mol. The predicted octanol–water partition coefficient (Wildman–Crippen LogP) is 3.34. The quantitative estimate of drug-likeness (QED) is 0.945. The smallest absolute Gasteiger partial charge is 0.136 e. The van der Waals surface area contributed by atoms with Gasteiger partial charge in [0.2, 0.25) is 0 Å². The molecule has 0 radical (unpaired) electrons. The van der Waals surface area contributed by atoms with Gasteiger partial charge in [-0.15, -0.1) is 0 Å². The van der Waals surface area contributed by atoms with Crippen molar-refractivity contribution in [1.29, 1.82) is 0 Å². The average Bonchev–Trinajstić information content (AvgIpc) is 2.91. The third-order valence-corrected chi connectivity index (χ3v) is 5.07. The van der Waals surface area contributed by atoms with E-state index >= 15 is 0 Å². The van der Waals surface area contributed by atoms with Gasteiger partial charge in [-0.2, -0.15) is 0 Å². The van der Waals surface area contributed by atoms with E-state index in [1.807, 2.05) is 0 Å². The summed E-state index contributed by atoms with van der Waals surface area (Å²) in [5.41, 5.74) is 3.61. The number of benzene rings is 1. The molecule has 1 saturated carbocycles. The van der Waals surface area contributed by atoms with Crippen molar-refractivity contribution in [3.8, 4) is 0 Å². The first kappa shape index (κ1) is 14.2. The van der Waals surface area contributed by atoms with Gasteiger partial charge in [-0.05, 0) is 37.5 Å². The second kappa shape index (κ2) is 6.01. The molecule has 0 amide bonds. The molecule has 118 valence electrons. The Morgan fingerprint density at radius 2 is 2.14 bits per heavy atom. The van der Waals surface area contributed by atoms with E-state index in [9.17, 15) is 0 Å². The minimum atomic E-state index is 0.360. The molecule has 2 heterocycles. The molecule has 4 nitrogen and oxygen atoms in total. The normalized spacial score (nSPS) is 22.9. The van der Waals surface area contributed by atoms with E-state index in [0.717, 1.165) is 24.5 Å². The first-order chi connectivity index (χ1) is 10.8. The Balaban J connectivity index is 1.56. The zero-order valence-corrected chi connectivity index (χ0v) is 13.3. The molecule has 1 unspecified atom stereocenters. The second-order valence-corrected chi connectivity index (χ2v) is 6.80. The summed E-state index contributed by atoms with van der Waals surface area (Å²) in [5, 5.41) is 3.77. The lowest BCUT2D eigenvalue weighted by atomic mass is 9.95. The fraction of sp³-hybridized carbons (Fsp3) is 0.611. The molecule has 1 aliphatic carbocycles. The Morgan fingerprint density at radius 3 is 3.00 bits per heavy atom. The number of aryl methyl sites for hydroxylation is 1. The summed E-state index contributed by atoms with van der Waals surface area (Å²) in [6, 6.07) is 7.61. The average molecular weight is 299 g/mol. The van der Waals surface area contributed by atoms with Crippen molar-refractivity contribution in [2.75, 3.05) is 13.2 Å². The molecule has 1 atom stereocenters. The number of ether oxygens (including phenoxy) is 1. The van der Waals surface area contributed by atoms with Crippen LogP contribution in [0.3, 0.4) is 0 Å². The molecule has 0 spiro atoms. The lowest BCUT2D eigenvalue weighted by Crippen LogP contribution is -2.38. The minimum Gasteiger partial charge on any atom is -0.371 e. The van der Waals surface area contributed by atoms with E-state index in [1.165, 1.54) is 43.2 Å². The monoisotopic (exact) mass is 299 g/mol. The first-order valence-electron chi connectivity index (χ1n) is 8.60. The standard InChI is InChI=1S/C18H25N3O/c1-13-7-8-17-16(9-13)20-18-12-22-11-15(21(17)18)10-19-14-5-3-2-4-6-14/h7-9,14-15,19H,2-6,10-12H2,1H3. The number of imidazole rings is 1. The van der Waals surface area contributed by atoms with Crippen LogP contribution in [0.15, 0.2) is 18.2 Å². The Hall–Kier alpha value is -1.39. The van der Waals surface area contributed by atoms with E-state index in [0.29, 0.717) is 18.7 Å². The Kier molecular flexibility index (Phi) is 3.89. The zero-order valence-electron chi connectivity index (χ0n) is 13.3. The number of rotatable bonds is 3. The fourth-order valence-corrected chi connectivity index (χ4v) is 3.89. The van der Waals surface area contributed by atoms with E-state index < -0.39 is 0 Å². The van der Waals surface area contributed by atoms with Crippen LogP contribution in [-0.2, 0) is 11.3 Å². The highest BCUT2D eigenvalue weighted by Crippen LogP contribution is 2.27. The van der Waals surface area contributed by atoms with Crippen LogP contribution in [-0.4, -0.2) is 28.7 Å². The van der Waals surface area contributed by atoms with E-state index in [-0.39, 0.29) is 0 Å². The molecule has 2 aromatic rings. The largest absolute Gasteiger partial charge is 0.371 e. The molecule has 1 aromatic carbocycles. The maximum atomic E-state index is 5.78. The van der Waals surface area contributed by atoms with Crippen LogP contribution in [0.2, 0.25) is 0 Å². The molecule has 1 fully saturated rings. The maximum absolute atomic E-state index is 5.78. The van der Waals surface area contributed by atoms with Crippen molar-refractivity contribution in [2.24, 2.45) is 0 Å². The minimum absolute atomic E-state index is 0.360. The van der Waals surface area contributed by atoms with Crippen molar-refractivity contribution in [3.63, 3.8) is 0 Å². The lowest BCUT2D eigenvalue weighted by molar-refractivity contribution is 0.0551. The van der Waals surface area contributed by atoms with Crippen LogP contribution in [0.5, 0.6) is 0 Å². The highest BCUT2D eigenvalue weighted by molar-refractivity contribution is 5.77.